The van der Waals surface area contributed by atoms with Crippen LogP contribution in [-0.4, -0.2) is 45.0 Å². The highest BCUT2D eigenvalue weighted by Gasteiger charge is 2.26. The first-order valence-corrected chi connectivity index (χ1v) is 8.71. The zero-order valence-corrected chi connectivity index (χ0v) is 15.1. The molecule has 27 heavy (non-hydrogen) atoms. The minimum Gasteiger partial charge on any atom is -0.345 e. The van der Waals surface area contributed by atoms with Crippen LogP contribution in [0, 0.1) is 25.5 Å². The van der Waals surface area contributed by atoms with E-state index < -0.39 is 11.6 Å². The van der Waals surface area contributed by atoms with E-state index in [2.05, 4.69) is 10.1 Å². The molecule has 0 atom stereocenters. The zero-order chi connectivity index (χ0) is 19.1. The molecule has 0 unspecified atom stereocenters. The lowest BCUT2D eigenvalue weighted by atomic mass is 10.2. The summed E-state index contributed by atoms with van der Waals surface area (Å²) in [6.45, 7) is 5.37. The molecule has 1 saturated heterocycles. The summed E-state index contributed by atoms with van der Waals surface area (Å²) in [7, 11) is 0. The average molecular weight is 371 g/mol. The van der Waals surface area contributed by atoms with Gasteiger partial charge in [0.2, 0.25) is 5.91 Å². The molecule has 1 fully saturated rings. The van der Waals surface area contributed by atoms with E-state index in [0.717, 1.165) is 35.0 Å². The Morgan fingerprint density at radius 3 is 2.59 bits per heavy atom. The smallest absolute Gasteiger partial charge is 0.242 e. The monoisotopic (exact) mass is 371 g/mol. The number of fused-ring (bicyclic) bond motifs is 1. The van der Waals surface area contributed by atoms with Gasteiger partial charge < -0.3 is 9.80 Å². The van der Waals surface area contributed by atoms with Gasteiger partial charge in [-0.15, -0.1) is 0 Å². The number of halogens is 2. The molecule has 1 aliphatic rings. The molecular weight excluding hydrogens is 352 g/mol. The summed E-state index contributed by atoms with van der Waals surface area (Å²) < 4.78 is 28.2. The van der Waals surface area contributed by atoms with Crippen LogP contribution in [0.1, 0.15) is 17.0 Å². The lowest BCUT2D eigenvalue weighted by Gasteiger charge is -2.35. The maximum atomic E-state index is 13.4. The van der Waals surface area contributed by atoms with Gasteiger partial charge in [-0.25, -0.2) is 13.8 Å². The Hall–Kier alpha value is -3.03. The summed E-state index contributed by atoms with van der Waals surface area (Å²) in [4.78, 5) is 20.7. The summed E-state index contributed by atoms with van der Waals surface area (Å²) in [5.74, 6) is -1.03. The first-order valence-electron chi connectivity index (χ1n) is 8.71. The third-order valence-electron chi connectivity index (χ3n) is 4.66. The molecule has 8 heteroatoms. The van der Waals surface area contributed by atoms with Gasteiger partial charge in [-0.3, -0.25) is 4.79 Å². The molecule has 1 aliphatic heterocycles. The number of hydrogen-bond donors (Lipinski definition) is 0. The molecule has 0 spiro atoms. The van der Waals surface area contributed by atoms with Crippen LogP contribution < -0.4 is 4.90 Å². The van der Waals surface area contributed by atoms with Crippen molar-refractivity contribution >= 4 is 17.4 Å². The van der Waals surface area contributed by atoms with Gasteiger partial charge in [0.25, 0.3) is 0 Å². The molecule has 3 aromatic rings. The van der Waals surface area contributed by atoms with Crippen molar-refractivity contribution in [1.82, 2.24) is 19.5 Å². The third-order valence-corrected chi connectivity index (χ3v) is 4.66. The van der Waals surface area contributed by atoms with Crippen LogP contribution >= 0.6 is 0 Å². The largest absolute Gasteiger partial charge is 0.345 e. The highest BCUT2D eigenvalue weighted by atomic mass is 19.2. The number of benzene rings is 1. The maximum absolute atomic E-state index is 13.4. The molecule has 0 N–H and O–H groups in total. The number of nitrogens with zero attached hydrogens (tertiary/aromatic N) is 5. The highest BCUT2D eigenvalue weighted by molar-refractivity contribution is 5.82. The van der Waals surface area contributed by atoms with E-state index in [4.69, 9.17) is 0 Å². The SMILES string of the molecule is Cc1cc(N2CCN(Cc3ccc(F)c(F)c3)C(=O)C2)n2nc(C)cc2n1. The molecule has 2 aromatic heterocycles. The Morgan fingerprint density at radius 2 is 1.85 bits per heavy atom. The van der Waals surface area contributed by atoms with E-state index in [0.29, 0.717) is 18.7 Å². The number of rotatable bonds is 3. The Labute approximate surface area is 155 Å². The predicted molar refractivity (Wildman–Crippen MR) is 96.4 cm³/mol. The van der Waals surface area contributed by atoms with Gasteiger partial charge in [-0.1, -0.05) is 6.07 Å². The fraction of sp³-hybridized carbons (Fsp3) is 0.316. The van der Waals surface area contributed by atoms with Gasteiger partial charge in [-0.05, 0) is 31.5 Å². The van der Waals surface area contributed by atoms with Crippen molar-refractivity contribution < 1.29 is 13.6 Å². The van der Waals surface area contributed by atoms with Gasteiger partial charge in [0.05, 0.1) is 12.2 Å². The third kappa shape index (κ3) is 3.34. The number of anilines is 1. The van der Waals surface area contributed by atoms with E-state index in [9.17, 15) is 13.6 Å². The fourth-order valence-electron chi connectivity index (χ4n) is 3.35. The number of carbonyl (C=O) groups excluding carboxylic acids is 1. The molecule has 0 saturated carbocycles. The lowest BCUT2D eigenvalue weighted by Crippen LogP contribution is -2.50. The van der Waals surface area contributed by atoms with E-state index >= 15 is 0 Å². The van der Waals surface area contributed by atoms with Crippen molar-refractivity contribution in [2.75, 3.05) is 24.5 Å². The van der Waals surface area contributed by atoms with Crippen LogP contribution in [0.15, 0.2) is 30.3 Å². The number of aromatic nitrogens is 3. The van der Waals surface area contributed by atoms with Crippen LogP contribution in [0.3, 0.4) is 0 Å². The van der Waals surface area contributed by atoms with Crippen LogP contribution in [0.2, 0.25) is 0 Å². The normalized spacial score (nSPS) is 15.0. The standard InChI is InChI=1S/C19H19F2N5O/c1-12-8-18(26-17(22-12)7-13(2)23-26)24-5-6-25(19(27)11-24)10-14-3-4-15(20)16(21)9-14/h3-4,7-9H,5-6,10-11H2,1-2H3. The van der Waals surface area contributed by atoms with Crippen LogP contribution in [0.4, 0.5) is 14.6 Å². The second kappa shape index (κ2) is 6.61. The van der Waals surface area contributed by atoms with Crippen LogP contribution in [0.5, 0.6) is 0 Å². The summed E-state index contributed by atoms with van der Waals surface area (Å²) >= 11 is 0. The fourth-order valence-corrected chi connectivity index (χ4v) is 3.35. The first kappa shape index (κ1) is 17.4. The molecular formula is C19H19F2N5O. The van der Waals surface area contributed by atoms with Crippen molar-refractivity contribution in [2.45, 2.75) is 20.4 Å². The maximum Gasteiger partial charge on any atom is 0.242 e. The second-order valence-corrected chi connectivity index (χ2v) is 6.80. The lowest BCUT2D eigenvalue weighted by molar-refractivity contribution is -0.131. The van der Waals surface area contributed by atoms with Crippen molar-refractivity contribution in [3.63, 3.8) is 0 Å². The number of aryl methyl sites for hydroxylation is 2. The molecule has 4 rings (SSSR count). The van der Waals surface area contributed by atoms with E-state index in [1.807, 2.05) is 30.9 Å². The minimum absolute atomic E-state index is 0.0718. The molecule has 140 valence electrons. The number of amides is 1. The number of carbonyl (C=O) groups is 1. The Kier molecular flexibility index (Phi) is 4.25. The number of piperazine rings is 1. The molecule has 1 amide bonds. The highest BCUT2D eigenvalue weighted by Crippen LogP contribution is 2.21. The summed E-state index contributed by atoms with van der Waals surface area (Å²) in [6.07, 6.45) is 0. The summed E-state index contributed by atoms with van der Waals surface area (Å²) in [6, 6.07) is 7.54. The predicted octanol–water partition coefficient (Wildman–Crippen LogP) is 2.47. The van der Waals surface area contributed by atoms with Crippen molar-refractivity contribution in [3.8, 4) is 0 Å². The first-order chi connectivity index (χ1) is 12.9. The van der Waals surface area contributed by atoms with E-state index in [1.54, 1.807) is 9.42 Å². The van der Waals surface area contributed by atoms with Crippen molar-refractivity contribution in [3.05, 3.63) is 58.9 Å². The Morgan fingerprint density at radius 1 is 1.04 bits per heavy atom. The molecule has 1 aromatic carbocycles. The van der Waals surface area contributed by atoms with Crippen LogP contribution in [-0.2, 0) is 11.3 Å². The summed E-state index contributed by atoms with van der Waals surface area (Å²) in [5, 5.41) is 4.47. The quantitative estimate of drug-likeness (QED) is 0.710. The van der Waals surface area contributed by atoms with Gasteiger partial charge in [0.1, 0.15) is 5.82 Å². The van der Waals surface area contributed by atoms with Crippen molar-refractivity contribution in [2.24, 2.45) is 0 Å². The van der Waals surface area contributed by atoms with Gasteiger partial charge >= 0.3 is 0 Å². The molecule has 6 nitrogen and oxygen atoms in total. The van der Waals surface area contributed by atoms with Gasteiger partial charge in [0.15, 0.2) is 17.3 Å². The number of hydrogen-bond acceptors (Lipinski definition) is 4. The summed E-state index contributed by atoms with van der Waals surface area (Å²) in [5.41, 5.74) is 3.03. The van der Waals surface area contributed by atoms with Gasteiger partial charge in [-0.2, -0.15) is 9.61 Å². The van der Waals surface area contributed by atoms with E-state index in [-0.39, 0.29) is 19.0 Å². The topological polar surface area (TPSA) is 53.7 Å². The van der Waals surface area contributed by atoms with Crippen molar-refractivity contribution in [1.29, 1.82) is 0 Å². The minimum atomic E-state index is -0.901. The molecule has 3 heterocycles. The average Bonchev–Trinajstić information content (AvgIpc) is 2.99. The molecule has 0 aliphatic carbocycles. The Bertz CT molecular complexity index is 1030. The van der Waals surface area contributed by atoms with Crippen LogP contribution in [0.25, 0.3) is 5.65 Å². The molecule has 0 bridgehead atoms. The van der Waals surface area contributed by atoms with E-state index in [1.165, 1.54) is 6.07 Å². The zero-order valence-electron chi connectivity index (χ0n) is 15.1. The Balaban J connectivity index is 1.53. The van der Waals surface area contributed by atoms with Gasteiger partial charge in [0, 0.05) is 37.5 Å². The molecule has 0 radical (unpaired) electrons. The second-order valence-electron chi connectivity index (χ2n) is 6.80.